The number of amides is 1. The normalized spacial score (nSPS) is 12.2. The van der Waals surface area contributed by atoms with Gasteiger partial charge in [0.05, 0.1) is 19.3 Å². The van der Waals surface area contributed by atoms with Crippen LogP contribution in [0.15, 0.2) is 39.9 Å². The highest BCUT2D eigenvalue weighted by molar-refractivity contribution is 5.92. The zero-order chi connectivity index (χ0) is 21.4. The largest absolute Gasteiger partial charge is 0.443 e. The number of aromatic nitrogens is 1. The van der Waals surface area contributed by atoms with Gasteiger partial charge in [0.2, 0.25) is 11.8 Å². The van der Waals surface area contributed by atoms with Crippen LogP contribution in [0.4, 0.5) is 5.69 Å². The van der Waals surface area contributed by atoms with Gasteiger partial charge < -0.3 is 20.4 Å². The second-order valence-electron chi connectivity index (χ2n) is 8.26. The van der Waals surface area contributed by atoms with Crippen LogP contribution < -0.4 is 16.0 Å². The highest BCUT2D eigenvalue weighted by atomic mass is 16.4. The van der Waals surface area contributed by atoms with Gasteiger partial charge in [-0.3, -0.25) is 4.79 Å². The molecule has 1 aromatic heterocycles. The van der Waals surface area contributed by atoms with E-state index in [1.807, 2.05) is 45.0 Å². The Kier molecular flexibility index (Phi) is 7.82. The lowest BCUT2D eigenvalue weighted by Crippen LogP contribution is -2.36. The van der Waals surface area contributed by atoms with Gasteiger partial charge in [-0.15, -0.1) is 0 Å². The van der Waals surface area contributed by atoms with Gasteiger partial charge in [-0.25, -0.2) is 9.98 Å². The van der Waals surface area contributed by atoms with E-state index in [4.69, 9.17) is 4.42 Å². The first kappa shape index (κ1) is 22.5. The lowest BCUT2D eigenvalue weighted by Gasteiger charge is -2.13. The molecule has 0 saturated heterocycles. The molecule has 1 aromatic carbocycles. The predicted molar refractivity (Wildman–Crippen MR) is 117 cm³/mol. The van der Waals surface area contributed by atoms with E-state index in [0.29, 0.717) is 24.9 Å². The maximum atomic E-state index is 11.8. The van der Waals surface area contributed by atoms with Crippen molar-refractivity contribution >= 4 is 17.6 Å². The highest BCUT2D eigenvalue weighted by Gasteiger charge is 2.19. The Balaban J connectivity index is 1.94. The molecule has 158 valence electrons. The van der Waals surface area contributed by atoms with Gasteiger partial charge in [-0.05, 0) is 24.6 Å². The number of hydrogen-bond acceptors (Lipinski definition) is 4. The smallest absolute Gasteiger partial charge is 0.226 e. The molecule has 2 rings (SSSR count). The van der Waals surface area contributed by atoms with Crippen LogP contribution in [0.1, 0.15) is 58.8 Å². The molecule has 7 heteroatoms. The standard InChI is InChI=1S/C22H33N5O2/c1-7-23-21(26-14-19-24-13-18(29-19)22(4,5)6)25-12-16-8-10-17(11-9-16)27-20(28)15(2)3/h8-11,13,15H,7,12,14H2,1-6H3,(H,27,28)(H2,23,25,26). The molecular formula is C22H33N5O2. The van der Waals surface area contributed by atoms with Gasteiger partial charge in [-0.2, -0.15) is 0 Å². The Morgan fingerprint density at radius 1 is 1.17 bits per heavy atom. The topological polar surface area (TPSA) is 91.5 Å². The fourth-order valence-corrected chi connectivity index (χ4v) is 2.39. The van der Waals surface area contributed by atoms with Crippen molar-refractivity contribution in [2.45, 2.75) is 60.0 Å². The first-order chi connectivity index (χ1) is 13.7. The number of carbonyl (C=O) groups is 1. The maximum absolute atomic E-state index is 11.8. The van der Waals surface area contributed by atoms with Gasteiger partial charge in [0.1, 0.15) is 5.76 Å². The SMILES string of the molecule is CCNC(=NCc1ccc(NC(=O)C(C)C)cc1)NCc1ncc(C(C)(C)C)o1. The molecule has 0 aliphatic heterocycles. The van der Waals surface area contributed by atoms with Crippen LogP contribution in [0.25, 0.3) is 0 Å². The third kappa shape index (κ3) is 7.25. The number of carbonyl (C=O) groups excluding carboxylic acids is 1. The third-order valence-corrected chi connectivity index (χ3v) is 4.21. The Labute approximate surface area is 173 Å². The summed E-state index contributed by atoms with van der Waals surface area (Å²) in [7, 11) is 0. The van der Waals surface area contributed by atoms with Crippen molar-refractivity contribution in [3.05, 3.63) is 47.7 Å². The number of benzene rings is 1. The number of oxazole rings is 1. The van der Waals surface area contributed by atoms with E-state index in [0.717, 1.165) is 23.6 Å². The minimum absolute atomic E-state index is 0.00977. The van der Waals surface area contributed by atoms with Crippen molar-refractivity contribution in [1.82, 2.24) is 15.6 Å². The van der Waals surface area contributed by atoms with Crippen LogP contribution in [0.2, 0.25) is 0 Å². The van der Waals surface area contributed by atoms with Gasteiger partial charge >= 0.3 is 0 Å². The van der Waals surface area contributed by atoms with Gasteiger partial charge in [0.15, 0.2) is 5.96 Å². The van der Waals surface area contributed by atoms with Crippen LogP contribution >= 0.6 is 0 Å². The van der Waals surface area contributed by atoms with E-state index in [9.17, 15) is 4.79 Å². The maximum Gasteiger partial charge on any atom is 0.226 e. The molecule has 2 aromatic rings. The molecule has 0 radical (unpaired) electrons. The zero-order valence-electron chi connectivity index (χ0n) is 18.3. The lowest BCUT2D eigenvalue weighted by atomic mass is 9.94. The average molecular weight is 400 g/mol. The molecule has 1 heterocycles. The average Bonchev–Trinajstić information content (AvgIpc) is 3.14. The van der Waals surface area contributed by atoms with Crippen molar-refractivity contribution in [3.8, 4) is 0 Å². The minimum Gasteiger partial charge on any atom is -0.443 e. The van der Waals surface area contributed by atoms with E-state index in [2.05, 4.69) is 46.7 Å². The van der Waals surface area contributed by atoms with Crippen LogP contribution in [0, 0.1) is 5.92 Å². The van der Waals surface area contributed by atoms with Crippen molar-refractivity contribution in [3.63, 3.8) is 0 Å². The van der Waals surface area contributed by atoms with Crippen molar-refractivity contribution in [2.24, 2.45) is 10.9 Å². The van der Waals surface area contributed by atoms with E-state index in [1.165, 1.54) is 0 Å². The summed E-state index contributed by atoms with van der Waals surface area (Å²) in [5.41, 5.74) is 1.78. The van der Waals surface area contributed by atoms with Crippen LogP contribution in [-0.4, -0.2) is 23.4 Å². The molecule has 0 fully saturated rings. The second-order valence-corrected chi connectivity index (χ2v) is 8.26. The van der Waals surface area contributed by atoms with Gasteiger partial charge in [0, 0.05) is 23.6 Å². The number of guanidine groups is 1. The summed E-state index contributed by atoms with van der Waals surface area (Å²) >= 11 is 0. The van der Waals surface area contributed by atoms with E-state index in [-0.39, 0.29) is 17.2 Å². The highest BCUT2D eigenvalue weighted by Crippen LogP contribution is 2.22. The Hall–Kier alpha value is -2.83. The van der Waals surface area contributed by atoms with Crippen molar-refractivity contribution in [2.75, 3.05) is 11.9 Å². The van der Waals surface area contributed by atoms with Crippen LogP contribution in [0.3, 0.4) is 0 Å². The third-order valence-electron chi connectivity index (χ3n) is 4.21. The van der Waals surface area contributed by atoms with E-state index in [1.54, 1.807) is 6.20 Å². The van der Waals surface area contributed by atoms with Crippen molar-refractivity contribution < 1.29 is 9.21 Å². The lowest BCUT2D eigenvalue weighted by molar-refractivity contribution is -0.118. The minimum atomic E-state index is -0.0648. The quantitative estimate of drug-likeness (QED) is 0.486. The number of anilines is 1. The summed E-state index contributed by atoms with van der Waals surface area (Å²) < 4.78 is 5.81. The number of nitrogens with one attached hydrogen (secondary N) is 3. The number of rotatable bonds is 7. The molecule has 0 aliphatic carbocycles. The molecule has 0 unspecified atom stereocenters. The molecule has 0 saturated carbocycles. The molecule has 1 amide bonds. The second kappa shape index (κ2) is 10.1. The summed E-state index contributed by atoms with van der Waals surface area (Å²) in [6.45, 7) is 13.8. The van der Waals surface area contributed by atoms with Gasteiger partial charge in [0.25, 0.3) is 0 Å². The Morgan fingerprint density at radius 3 is 2.41 bits per heavy atom. The molecule has 0 aliphatic rings. The predicted octanol–water partition coefficient (Wildman–Crippen LogP) is 3.82. The molecule has 7 nitrogen and oxygen atoms in total. The zero-order valence-corrected chi connectivity index (χ0v) is 18.3. The fourth-order valence-electron chi connectivity index (χ4n) is 2.39. The summed E-state index contributed by atoms with van der Waals surface area (Å²) in [5, 5.41) is 9.36. The van der Waals surface area contributed by atoms with E-state index < -0.39 is 0 Å². The Bertz CT molecular complexity index is 816. The monoisotopic (exact) mass is 399 g/mol. The number of hydrogen-bond donors (Lipinski definition) is 3. The summed E-state index contributed by atoms with van der Waals surface area (Å²) in [5.74, 6) is 2.15. The molecule has 0 spiro atoms. The Morgan fingerprint density at radius 2 is 1.86 bits per heavy atom. The molecule has 3 N–H and O–H groups in total. The molecule has 0 bridgehead atoms. The van der Waals surface area contributed by atoms with Crippen LogP contribution in [-0.2, 0) is 23.3 Å². The summed E-state index contributed by atoms with van der Waals surface area (Å²) in [6, 6.07) is 7.72. The fraction of sp³-hybridized carbons (Fsp3) is 0.500. The first-order valence-corrected chi connectivity index (χ1v) is 10.1. The molecular weight excluding hydrogens is 366 g/mol. The molecule has 29 heavy (non-hydrogen) atoms. The molecule has 0 atom stereocenters. The number of aliphatic imine (C=N–C) groups is 1. The summed E-state index contributed by atoms with van der Waals surface area (Å²) in [4.78, 5) is 20.7. The van der Waals surface area contributed by atoms with Crippen molar-refractivity contribution in [1.29, 1.82) is 0 Å². The summed E-state index contributed by atoms with van der Waals surface area (Å²) in [6.07, 6.45) is 1.78. The van der Waals surface area contributed by atoms with E-state index >= 15 is 0 Å². The number of nitrogens with zero attached hydrogens (tertiary/aromatic N) is 2. The van der Waals surface area contributed by atoms with Crippen LogP contribution in [0.5, 0.6) is 0 Å². The first-order valence-electron chi connectivity index (χ1n) is 10.1. The van der Waals surface area contributed by atoms with Gasteiger partial charge in [-0.1, -0.05) is 46.8 Å².